The summed E-state index contributed by atoms with van der Waals surface area (Å²) in [5.41, 5.74) is 4.21. The van der Waals surface area contributed by atoms with E-state index in [0.717, 1.165) is 10.9 Å². The number of benzene rings is 1. The fraction of sp³-hybridized carbons (Fsp3) is 0.286. The van der Waals surface area contributed by atoms with Crippen molar-refractivity contribution in [3.05, 3.63) is 57.5 Å². The predicted molar refractivity (Wildman–Crippen MR) is 72.5 cm³/mol. The van der Waals surface area contributed by atoms with Crippen molar-refractivity contribution in [2.45, 2.75) is 18.2 Å². The van der Waals surface area contributed by atoms with Crippen LogP contribution in [0.25, 0.3) is 0 Å². The standard InChI is InChI=1S/C14H13F4NOS/c15-11-4-3-8(6-10(11)14(16,17)18)13(20)9(7-19)12-2-1-5-21-12/h1-6,9,13,20H,7,19H2. The maximum absolute atomic E-state index is 13.3. The number of hydrogen-bond acceptors (Lipinski definition) is 3. The Morgan fingerprint density at radius 1 is 1.24 bits per heavy atom. The third kappa shape index (κ3) is 3.42. The average Bonchev–Trinajstić information content (AvgIpc) is 2.92. The summed E-state index contributed by atoms with van der Waals surface area (Å²) in [5.74, 6) is -1.89. The number of nitrogens with two attached hydrogens (primary N) is 1. The van der Waals surface area contributed by atoms with Gasteiger partial charge in [0.2, 0.25) is 0 Å². The molecule has 0 saturated carbocycles. The van der Waals surface area contributed by atoms with E-state index in [1.165, 1.54) is 11.3 Å². The number of rotatable bonds is 4. The molecule has 1 aromatic carbocycles. The van der Waals surface area contributed by atoms with Crippen molar-refractivity contribution in [1.82, 2.24) is 0 Å². The van der Waals surface area contributed by atoms with Crippen LogP contribution in [0.1, 0.15) is 28.0 Å². The Bertz CT molecular complexity index is 598. The molecule has 2 rings (SSSR count). The molecule has 2 nitrogen and oxygen atoms in total. The third-order valence-corrected chi connectivity index (χ3v) is 4.19. The zero-order valence-electron chi connectivity index (χ0n) is 10.8. The summed E-state index contributed by atoms with van der Waals surface area (Å²) in [7, 11) is 0. The summed E-state index contributed by atoms with van der Waals surface area (Å²) in [6.45, 7) is 0.0698. The number of aliphatic hydroxyl groups is 1. The zero-order valence-corrected chi connectivity index (χ0v) is 11.6. The van der Waals surface area contributed by atoms with E-state index in [1.807, 2.05) is 0 Å². The van der Waals surface area contributed by atoms with Crippen LogP contribution in [-0.4, -0.2) is 11.7 Å². The second-order valence-corrected chi connectivity index (χ2v) is 5.52. The second kappa shape index (κ2) is 6.13. The summed E-state index contributed by atoms with van der Waals surface area (Å²) in [4.78, 5) is 0.767. The lowest BCUT2D eigenvalue weighted by Crippen LogP contribution is -2.20. The lowest BCUT2D eigenvalue weighted by Gasteiger charge is -2.21. The first-order valence-corrected chi connectivity index (χ1v) is 7.00. The maximum Gasteiger partial charge on any atom is 0.419 e. The first-order valence-electron chi connectivity index (χ1n) is 6.12. The van der Waals surface area contributed by atoms with Crippen molar-refractivity contribution in [1.29, 1.82) is 0 Å². The van der Waals surface area contributed by atoms with Crippen LogP contribution in [0.2, 0.25) is 0 Å². The molecule has 114 valence electrons. The molecule has 1 heterocycles. The highest BCUT2D eigenvalue weighted by Gasteiger charge is 2.35. The fourth-order valence-electron chi connectivity index (χ4n) is 2.08. The van der Waals surface area contributed by atoms with E-state index in [2.05, 4.69) is 0 Å². The van der Waals surface area contributed by atoms with E-state index < -0.39 is 29.6 Å². The van der Waals surface area contributed by atoms with E-state index >= 15 is 0 Å². The molecule has 21 heavy (non-hydrogen) atoms. The van der Waals surface area contributed by atoms with Crippen LogP contribution in [0.3, 0.4) is 0 Å². The Kier molecular flexibility index (Phi) is 4.65. The van der Waals surface area contributed by atoms with Gasteiger partial charge < -0.3 is 10.8 Å². The van der Waals surface area contributed by atoms with Crippen LogP contribution in [-0.2, 0) is 6.18 Å². The highest BCUT2D eigenvalue weighted by molar-refractivity contribution is 7.10. The zero-order chi connectivity index (χ0) is 15.6. The van der Waals surface area contributed by atoms with Crippen molar-refractivity contribution in [2.24, 2.45) is 5.73 Å². The molecule has 0 aliphatic rings. The first-order chi connectivity index (χ1) is 9.84. The number of halogens is 4. The Hall–Kier alpha value is -1.44. The first kappa shape index (κ1) is 15.9. The second-order valence-electron chi connectivity index (χ2n) is 4.54. The van der Waals surface area contributed by atoms with E-state index in [1.54, 1.807) is 17.5 Å². The normalized spacial score (nSPS) is 15.0. The van der Waals surface area contributed by atoms with Crippen LogP contribution >= 0.6 is 11.3 Å². The Labute approximate surface area is 122 Å². The minimum Gasteiger partial charge on any atom is -0.388 e. The van der Waals surface area contributed by atoms with Gasteiger partial charge in [-0.15, -0.1) is 11.3 Å². The van der Waals surface area contributed by atoms with Crippen LogP contribution in [0.5, 0.6) is 0 Å². The molecule has 0 aliphatic heterocycles. The topological polar surface area (TPSA) is 46.2 Å². The monoisotopic (exact) mass is 319 g/mol. The number of thiophene rings is 1. The van der Waals surface area contributed by atoms with E-state index in [4.69, 9.17) is 5.73 Å². The quantitative estimate of drug-likeness (QED) is 0.845. The van der Waals surface area contributed by atoms with E-state index in [-0.39, 0.29) is 12.1 Å². The number of hydrogen-bond donors (Lipinski definition) is 2. The summed E-state index contributed by atoms with van der Waals surface area (Å²) >= 11 is 1.36. The predicted octanol–water partition coefficient (Wildman–Crippen LogP) is 3.68. The average molecular weight is 319 g/mol. The third-order valence-electron chi connectivity index (χ3n) is 3.18. The SMILES string of the molecule is NCC(c1cccs1)C(O)c1ccc(F)c(C(F)(F)F)c1. The Morgan fingerprint density at radius 3 is 2.48 bits per heavy atom. The van der Waals surface area contributed by atoms with Crippen LogP contribution in [0, 0.1) is 5.82 Å². The van der Waals surface area contributed by atoms with Gasteiger partial charge in [-0.3, -0.25) is 0 Å². The van der Waals surface area contributed by atoms with Crippen molar-refractivity contribution >= 4 is 11.3 Å². The van der Waals surface area contributed by atoms with Gasteiger partial charge in [-0.1, -0.05) is 12.1 Å². The molecule has 0 amide bonds. The molecule has 2 unspecified atom stereocenters. The van der Waals surface area contributed by atoms with E-state index in [0.29, 0.717) is 12.1 Å². The Balaban J connectivity index is 2.37. The minimum absolute atomic E-state index is 0.00687. The van der Waals surface area contributed by atoms with Crippen molar-refractivity contribution in [3.8, 4) is 0 Å². The van der Waals surface area contributed by atoms with E-state index in [9.17, 15) is 22.7 Å². The molecule has 2 atom stereocenters. The molecule has 0 spiro atoms. The van der Waals surface area contributed by atoms with Crippen LogP contribution < -0.4 is 5.73 Å². The van der Waals surface area contributed by atoms with Gasteiger partial charge in [0.25, 0.3) is 0 Å². The molecule has 2 aromatic rings. The van der Waals surface area contributed by atoms with Crippen molar-refractivity contribution in [2.75, 3.05) is 6.54 Å². The molecule has 1 aromatic heterocycles. The smallest absolute Gasteiger partial charge is 0.388 e. The number of aliphatic hydroxyl groups excluding tert-OH is 1. The van der Waals surface area contributed by atoms with Gasteiger partial charge in [0.15, 0.2) is 0 Å². The Morgan fingerprint density at radius 2 is 1.95 bits per heavy atom. The molecule has 0 aliphatic carbocycles. The van der Waals surface area contributed by atoms with Gasteiger partial charge in [-0.2, -0.15) is 13.2 Å². The maximum atomic E-state index is 13.3. The number of alkyl halides is 3. The summed E-state index contributed by atoms with van der Waals surface area (Å²) in [5, 5.41) is 12.1. The highest BCUT2D eigenvalue weighted by atomic mass is 32.1. The minimum atomic E-state index is -4.80. The summed E-state index contributed by atoms with van der Waals surface area (Å²) in [6, 6.07) is 6.01. The molecular formula is C14H13F4NOS. The van der Waals surface area contributed by atoms with Crippen molar-refractivity contribution < 1.29 is 22.7 Å². The van der Waals surface area contributed by atoms with Crippen molar-refractivity contribution in [3.63, 3.8) is 0 Å². The lowest BCUT2D eigenvalue weighted by atomic mass is 9.93. The lowest BCUT2D eigenvalue weighted by molar-refractivity contribution is -0.140. The van der Waals surface area contributed by atoms with Gasteiger partial charge >= 0.3 is 6.18 Å². The van der Waals surface area contributed by atoms with Crippen LogP contribution in [0.4, 0.5) is 17.6 Å². The van der Waals surface area contributed by atoms with Gasteiger partial charge in [-0.25, -0.2) is 4.39 Å². The van der Waals surface area contributed by atoms with Gasteiger partial charge in [-0.05, 0) is 29.1 Å². The van der Waals surface area contributed by atoms with Gasteiger partial charge in [0.1, 0.15) is 5.82 Å². The molecular weight excluding hydrogens is 306 g/mol. The summed E-state index contributed by atoms with van der Waals surface area (Å²) < 4.78 is 51.4. The van der Waals surface area contributed by atoms with Gasteiger partial charge in [0.05, 0.1) is 11.7 Å². The molecule has 3 N–H and O–H groups in total. The molecule has 0 bridgehead atoms. The molecule has 0 saturated heterocycles. The molecule has 7 heteroatoms. The molecule has 0 radical (unpaired) electrons. The molecule has 0 fully saturated rings. The highest BCUT2D eigenvalue weighted by Crippen LogP contribution is 2.37. The largest absolute Gasteiger partial charge is 0.419 e. The van der Waals surface area contributed by atoms with Gasteiger partial charge in [0, 0.05) is 17.3 Å². The fourth-order valence-corrected chi connectivity index (χ4v) is 2.95. The van der Waals surface area contributed by atoms with Crippen LogP contribution in [0.15, 0.2) is 35.7 Å². The summed E-state index contributed by atoms with van der Waals surface area (Å²) in [6.07, 6.45) is -6.03.